The molecule has 1 saturated heterocycles. The summed E-state index contributed by atoms with van der Waals surface area (Å²) in [5.74, 6) is 0.410. The standard InChI is InChI=1S/C25H42O4Si/c1-17(2)24(18(3)4)25(29-28-24)21-16-20(26-30(10,11)22(5,6)7)13-12-19(21)14-15-23(8,9)27-25/h12-13,16-18H,14-15H2,1-11H3. The Morgan fingerprint density at radius 1 is 1.00 bits per heavy atom. The minimum absolute atomic E-state index is 0.131. The van der Waals surface area contributed by atoms with Gasteiger partial charge in [-0.05, 0) is 74.4 Å². The fourth-order valence-electron chi connectivity index (χ4n) is 4.71. The highest BCUT2D eigenvalue weighted by Crippen LogP contribution is 2.60. The third-order valence-corrected chi connectivity index (χ3v) is 11.9. The summed E-state index contributed by atoms with van der Waals surface area (Å²) in [6, 6.07) is 6.49. The van der Waals surface area contributed by atoms with Crippen molar-refractivity contribution < 1.29 is 18.9 Å². The zero-order valence-corrected chi connectivity index (χ0v) is 21.9. The first-order valence-electron chi connectivity index (χ1n) is 11.5. The van der Waals surface area contributed by atoms with E-state index in [-0.39, 0.29) is 22.5 Å². The van der Waals surface area contributed by atoms with Crippen LogP contribution >= 0.6 is 0 Å². The van der Waals surface area contributed by atoms with Crippen molar-refractivity contribution in [1.29, 1.82) is 0 Å². The summed E-state index contributed by atoms with van der Waals surface area (Å²) in [6.45, 7) is 24.4. The SMILES string of the molecule is CC(C)C1(C(C)C)OOC12OC(C)(C)CCc1ccc(O[Si](C)(C)C(C)(C)C)cc12. The van der Waals surface area contributed by atoms with E-state index in [1.165, 1.54) is 5.56 Å². The molecule has 1 spiro atoms. The van der Waals surface area contributed by atoms with E-state index >= 15 is 0 Å². The fraction of sp³-hybridized carbons (Fsp3) is 0.760. The van der Waals surface area contributed by atoms with Gasteiger partial charge in [-0.1, -0.05) is 54.5 Å². The van der Waals surface area contributed by atoms with E-state index in [0.717, 1.165) is 24.2 Å². The van der Waals surface area contributed by atoms with Crippen molar-refractivity contribution in [3.8, 4) is 5.75 Å². The van der Waals surface area contributed by atoms with Crippen LogP contribution in [0.3, 0.4) is 0 Å². The Hall–Kier alpha value is -0.883. The Labute approximate surface area is 184 Å². The van der Waals surface area contributed by atoms with Gasteiger partial charge in [-0.25, -0.2) is 4.89 Å². The van der Waals surface area contributed by atoms with Gasteiger partial charge in [0.25, 0.3) is 5.79 Å². The highest BCUT2D eigenvalue weighted by molar-refractivity contribution is 6.74. The Morgan fingerprint density at radius 3 is 2.07 bits per heavy atom. The molecule has 0 radical (unpaired) electrons. The summed E-state index contributed by atoms with van der Waals surface area (Å²) in [7, 11) is -1.96. The molecule has 0 amide bonds. The quantitative estimate of drug-likeness (QED) is 0.378. The van der Waals surface area contributed by atoms with Gasteiger partial charge in [-0.2, -0.15) is 4.89 Å². The lowest BCUT2D eigenvalue weighted by molar-refractivity contribution is -0.644. The molecule has 5 heteroatoms. The molecule has 3 rings (SSSR count). The summed E-state index contributed by atoms with van der Waals surface area (Å²) >= 11 is 0. The summed E-state index contributed by atoms with van der Waals surface area (Å²) in [6.07, 6.45) is 1.87. The van der Waals surface area contributed by atoms with Crippen LogP contribution in [-0.4, -0.2) is 19.5 Å². The lowest BCUT2D eigenvalue weighted by atomic mass is 9.69. The second-order valence-electron chi connectivity index (χ2n) is 11.9. The van der Waals surface area contributed by atoms with E-state index in [9.17, 15) is 0 Å². The van der Waals surface area contributed by atoms with Crippen LogP contribution in [0.2, 0.25) is 18.1 Å². The van der Waals surface area contributed by atoms with Gasteiger partial charge in [0.15, 0.2) is 5.60 Å². The van der Waals surface area contributed by atoms with E-state index in [1.54, 1.807) is 0 Å². The number of hydrogen-bond acceptors (Lipinski definition) is 4. The van der Waals surface area contributed by atoms with Crippen LogP contribution in [0.15, 0.2) is 18.2 Å². The number of hydrogen-bond donors (Lipinski definition) is 0. The second-order valence-corrected chi connectivity index (χ2v) is 16.7. The molecule has 0 saturated carbocycles. The maximum Gasteiger partial charge on any atom is 0.261 e. The molecule has 2 heterocycles. The van der Waals surface area contributed by atoms with Crippen LogP contribution in [0, 0.1) is 11.8 Å². The zero-order valence-electron chi connectivity index (χ0n) is 20.9. The van der Waals surface area contributed by atoms with Gasteiger partial charge in [0.05, 0.1) is 5.60 Å². The maximum absolute atomic E-state index is 6.85. The van der Waals surface area contributed by atoms with E-state index in [4.69, 9.17) is 18.9 Å². The smallest absolute Gasteiger partial charge is 0.261 e. The molecule has 1 aromatic carbocycles. The molecule has 4 nitrogen and oxygen atoms in total. The van der Waals surface area contributed by atoms with E-state index in [1.807, 2.05) is 0 Å². The van der Waals surface area contributed by atoms with Crippen molar-refractivity contribution in [3.05, 3.63) is 29.3 Å². The predicted molar refractivity (Wildman–Crippen MR) is 124 cm³/mol. The second kappa shape index (κ2) is 7.33. The topological polar surface area (TPSA) is 36.9 Å². The summed E-state index contributed by atoms with van der Waals surface area (Å²) in [4.78, 5) is 12.0. The van der Waals surface area contributed by atoms with Crippen LogP contribution in [0.4, 0.5) is 0 Å². The fourth-order valence-corrected chi connectivity index (χ4v) is 5.73. The Bertz CT molecular complexity index is 783. The number of ether oxygens (including phenoxy) is 1. The highest BCUT2D eigenvalue weighted by atomic mass is 28.4. The lowest BCUT2D eigenvalue weighted by Gasteiger charge is -2.61. The zero-order chi connectivity index (χ0) is 22.8. The molecule has 1 aromatic rings. The normalized spacial score (nSPS) is 25.8. The number of aryl methyl sites for hydroxylation is 1. The molecular formula is C25H42O4Si. The molecule has 0 bridgehead atoms. The number of benzene rings is 1. The Kier molecular flexibility index (Phi) is 5.81. The van der Waals surface area contributed by atoms with Gasteiger partial charge in [-0.3, -0.25) is 0 Å². The maximum atomic E-state index is 6.85. The van der Waals surface area contributed by atoms with Crippen LogP contribution in [0.5, 0.6) is 5.75 Å². The van der Waals surface area contributed by atoms with Gasteiger partial charge in [-0.15, -0.1) is 0 Å². The van der Waals surface area contributed by atoms with Crippen LogP contribution in [0.1, 0.15) is 79.9 Å². The van der Waals surface area contributed by atoms with Crippen molar-refractivity contribution in [3.63, 3.8) is 0 Å². The average Bonchev–Trinajstić information content (AvgIpc) is 2.67. The monoisotopic (exact) mass is 434 g/mol. The molecule has 0 aliphatic carbocycles. The first-order valence-corrected chi connectivity index (χ1v) is 14.4. The van der Waals surface area contributed by atoms with Gasteiger partial charge >= 0.3 is 0 Å². The van der Waals surface area contributed by atoms with Gasteiger partial charge < -0.3 is 9.16 Å². The van der Waals surface area contributed by atoms with Crippen molar-refractivity contribution >= 4 is 8.32 Å². The molecule has 1 unspecified atom stereocenters. The lowest BCUT2D eigenvalue weighted by Crippen LogP contribution is -2.72. The minimum atomic E-state index is -1.96. The molecule has 170 valence electrons. The minimum Gasteiger partial charge on any atom is -0.543 e. The molecule has 2 aliphatic rings. The molecule has 1 atom stereocenters. The van der Waals surface area contributed by atoms with Crippen molar-refractivity contribution in [2.45, 2.75) is 110 Å². The molecule has 30 heavy (non-hydrogen) atoms. The Balaban J connectivity index is 2.16. The first-order chi connectivity index (χ1) is 13.6. The van der Waals surface area contributed by atoms with E-state index in [2.05, 4.69) is 93.6 Å². The van der Waals surface area contributed by atoms with E-state index < -0.39 is 19.7 Å². The Morgan fingerprint density at radius 2 is 1.60 bits per heavy atom. The van der Waals surface area contributed by atoms with Crippen molar-refractivity contribution in [2.75, 3.05) is 0 Å². The third-order valence-electron chi connectivity index (χ3n) is 7.56. The number of rotatable bonds is 4. The molecule has 1 fully saturated rings. The highest BCUT2D eigenvalue weighted by Gasteiger charge is 2.72. The van der Waals surface area contributed by atoms with E-state index in [0.29, 0.717) is 0 Å². The van der Waals surface area contributed by atoms with Gasteiger partial charge in [0.2, 0.25) is 8.32 Å². The van der Waals surface area contributed by atoms with Crippen molar-refractivity contribution in [2.24, 2.45) is 11.8 Å². The number of fused-ring (bicyclic) bond motifs is 2. The predicted octanol–water partition coefficient (Wildman–Crippen LogP) is 6.98. The van der Waals surface area contributed by atoms with Crippen LogP contribution < -0.4 is 4.43 Å². The molecule has 0 aromatic heterocycles. The van der Waals surface area contributed by atoms with Crippen LogP contribution in [0.25, 0.3) is 0 Å². The summed E-state index contributed by atoms with van der Waals surface area (Å²) in [5, 5.41) is 0.131. The molecule has 0 N–H and O–H groups in total. The third kappa shape index (κ3) is 3.56. The summed E-state index contributed by atoms with van der Waals surface area (Å²) < 4.78 is 13.5. The van der Waals surface area contributed by atoms with Gasteiger partial charge in [0.1, 0.15) is 5.75 Å². The average molecular weight is 435 g/mol. The summed E-state index contributed by atoms with van der Waals surface area (Å²) in [5.41, 5.74) is 1.45. The van der Waals surface area contributed by atoms with Crippen molar-refractivity contribution in [1.82, 2.24) is 0 Å². The van der Waals surface area contributed by atoms with Gasteiger partial charge in [0, 0.05) is 5.56 Å². The first kappa shape index (κ1) is 23.8. The van der Waals surface area contributed by atoms with Crippen LogP contribution in [-0.2, 0) is 26.7 Å². The largest absolute Gasteiger partial charge is 0.543 e. The molecular weight excluding hydrogens is 392 g/mol. The molecule has 2 aliphatic heterocycles.